The van der Waals surface area contributed by atoms with Crippen LogP contribution in [0, 0.1) is 5.41 Å². The van der Waals surface area contributed by atoms with Crippen LogP contribution in [0.4, 0.5) is 0 Å². The number of nitrogens with zero attached hydrogens (tertiary/aromatic N) is 3. The Balaban J connectivity index is 1.65. The number of aromatic amines is 1. The molecule has 9 heteroatoms. The first-order chi connectivity index (χ1) is 12.7. The van der Waals surface area contributed by atoms with E-state index in [1.807, 2.05) is 19.2 Å². The van der Waals surface area contributed by atoms with Crippen molar-refractivity contribution < 1.29 is 13.5 Å². The number of imidazole rings is 1. The topological polar surface area (TPSA) is 127 Å². The second kappa shape index (κ2) is 5.09. The van der Waals surface area contributed by atoms with Gasteiger partial charge in [-0.2, -0.15) is 0 Å². The molecule has 3 fully saturated rings. The van der Waals surface area contributed by atoms with Gasteiger partial charge in [-0.25, -0.2) is 23.5 Å². The molecule has 8 nitrogen and oxygen atoms in total. The SMILES string of the molecule is CCC(C12CC(n3c(C(C)O)nc4cnc5[nH]ccc5c43)(C1)C2)S(N)(=O)=O. The number of aliphatic hydroxyl groups is 1. The maximum atomic E-state index is 12.1. The van der Waals surface area contributed by atoms with Gasteiger partial charge in [0.25, 0.3) is 0 Å². The van der Waals surface area contributed by atoms with Gasteiger partial charge in [-0.05, 0) is 44.1 Å². The molecule has 0 saturated heterocycles. The number of aromatic nitrogens is 4. The van der Waals surface area contributed by atoms with E-state index in [2.05, 4.69) is 19.5 Å². The second-order valence-corrected chi connectivity index (χ2v) is 10.1. The summed E-state index contributed by atoms with van der Waals surface area (Å²) >= 11 is 0. The van der Waals surface area contributed by atoms with Crippen LogP contribution in [0.1, 0.15) is 51.5 Å². The molecule has 3 aromatic heterocycles. The predicted octanol–water partition coefficient (Wildman–Crippen LogP) is 1.91. The second-order valence-electron chi connectivity index (χ2n) is 8.32. The van der Waals surface area contributed by atoms with Crippen LogP contribution in [0.15, 0.2) is 18.5 Å². The summed E-state index contributed by atoms with van der Waals surface area (Å²) in [5.74, 6) is 0.609. The molecule has 0 radical (unpaired) electrons. The Bertz CT molecular complexity index is 1160. The Morgan fingerprint density at radius 1 is 1.41 bits per heavy atom. The van der Waals surface area contributed by atoms with Crippen molar-refractivity contribution in [1.29, 1.82) is 0 Å². The fourth-order valence-corrected chi connectivity index (χ4v) is 7.16. The average molecular weight is 389 g/mol. The number of sulfonamides is 1. The standard InChI is InChI=1S/C18H23N5O3S/c1-3-13(27(19,25)26)17-7-18(8-17,9-17)23-14-11-4-5-20-15(11)21-6-12(14)22-16(23)10(2)24/h4-6,10,13,24H,3,7-9H2,1-2H3,(H,20,21)(H2,19,25,26). The number of hydrogen-bond acceptors (Lipinski definition) is 5. The number of H-pyrrole nitrogens is 1. The largest absolute Gasteiger partial charge is 0.385 e. The molecule has 27 heavy (non-hydrogen) atoms. The Labute approximate surface area is 156 Å². The number of nitrogens with two attached hydrogens (primary N) is 1. The number of pyridine rings is 1. The minimum atomic E-state index is -3.58. The zero-order valence-corrected chi connectivity index (χ0v) is 16.1. The number of aliphatic hydroxyl groups excluding tert-OH is 1. The van der Waals surface area contributed by atoms with E-state index >= 15 is 0 Å². The number of rotatable bonds is 5. The lowest BCUT2D eigenvalue weighted by Crippen LogP contribution is -2.73. The molecule has 0 aliphatic heterocycles. The summed E-state index contributed by atoms with van der Waals surface area (Å²) in [5, 5.41) is 16.3. The Hall–Kier alpha value is -1.97. The molecule has 4 N–H and O–H groups in total. The third-order valence-electron chi connectivity index (χ3n) is 6.57. The van der Waals surface area contributed by atoms with Gasteiger partial charge in [0.05, 0.1) is 17.0 Å². The normalized spacial score (nSPS) is 29.5. The van der Waals surface area contributed by atoms with Gasteiger partial charge in [-0.15, -0.1) is 0 Å². The van der Waals surface area contributed by atoms with Crippen molar-refractivity contribution in [1.82, 2.24) is 19.5 Å². The molecule has 3 aliphatic carbocycles. The third kappa shape index (κ3) is 2.07. The number of hydrogen-bond donors (Lipinski definition) is 3. The van der Waals surface area contributed by atoms with Crippen LogP contribution in [0.5, 0.6) is 0 Å². The van der Waals surface area contributed by atoms with E-state index < -0.39 is 21.4 Å². The molecule has 2 bridgehead atoms. The smallest absolute Gasteiger partial charge is 0.212 e. The lowest BCUT2D eigenvalue weighted by molar-refractivity contribution is -0.188. The van der Waals surface area contributed by atoms with E-state index in [1.54, 1.807) is 13.1 Å². The van der Waals surface area contributed by atoms with Crippen molar-refractivity contribution in [3.63, 3.8) is 0 Å². The first kappa shape index (κ1) is 17.2. The van der Waals surface area contributed by atoms with Crippen LogP contribution in [-0.4, -0.2) is 38.3 Å². The summed E-state index contributed by atoms with van der Waals surface area (Å²) in [4.78, 5) is 12.2. The van der Waals surface area contributed by atoms with E-state index in [-0.39, 0.29) is 11.0 Å². The van der Waals surface area contributed by atoms with E-state index in [1.165, 1.54) is 0 Å². The number of nitrogens with one attached hydrogen (secondary N) is 1. The monoisotopic (exact) mass is 389 g/mol. The Morgan fingerprint density at radius 3 is 2.70 bits per heavy atom. The van der Waals surface area contributed by atoms with Crippen molar-refractivity contribution in [3.8, 4) is 0 Å². The van der Waals surface area contributed by atoms with Crippen LogP contribution in [0.25, 0.3) is 22.1 Å². The van der Waals surface area contributed by atoms with Gasteiger partial charge in [0, 0.05) is 17.1 Å². The molecule has 0 aromatic carbocycles. The van der Waals surface area contributed by atoms with Gasteiger partial charge < -0.3 is 14.7 Å². The van der Waals surface area contributed by atoms with Crippen molar-refractivity contribution in [2.24, 2.45) is 10.6 Å². The van der Waals surface area contributed by atoms with Gasteiger partial charge in [0.1, 0.15) is 23.1 Å². The fourth-order valence-electron chi connectivity index (χ4n) is 5.75. The zero-order chi connectivity index (χ0) is 19.2. The van der Waals surface area contributed by atoms with Crippen LogP contribution in [0.2, 0.25) is 0 Å². The van der Waals surface area contributed by atoms with E-state index in [0.717, 1.165) is 41.3 Å². The van der Waals surface area contributed by atoms with Crippen molar-refractivity contribution >= 4 is 32.1 Å². The minimum absolute atomic E-state index is 0.204. The van der Waals surface area contributed by atoms with Crippen molar-refractivity contribution in [2.45, 2.75) is 56.4 Å². The number of fused-ring (bicyclic) bond motifs is 3. The van der Waals surface area contributed by atoms with Crippen molar-refractivity contribution in [3.05, 3.63) is 24.3 Å². The van der Waals surface area contributed by atoms with E-state index in [4.69, 9.17) is 5.14 Å². The lowest BCUT2D eigenvalue weighted by Gasteiger charge is -2.73. The molecule has 3 aromatic rings. The molecule has 144 valence electrons. The summed E-state index contributed by atoms with van der Waals surface area (Å²) in [7, 11) is -3.58. The molecule has 3 heterocycles. The van der Waals surface area contributed by atoms with Gasteiger partial charge in [-0.3, -0.25) is 0 Å². The van der Waals surface area contributed by atoms with Crippen LogP contribution in [0.3, 0.4) is 0 Å². The lowest BCUT2D eigenvalue weighted by atomic mass is 9.38. The van der Waals surface area contributed by atoms with Gasteiger partial charge in [0.15, 0.2) is 0 Å². The zero-order valence-electron chi connectivity index (χ0n) is 15.3. The summed E-state index contributed by atoms with van der Waals surface area (Å²) in [6.45, 7) is 3.59. The van der Waals surface area contributed by atoms with Gasteiger partial charge >= 0.3 is 0 Å². The predicted molar refractivity (Wildman–Crippen MR) is 101 cm³/mol. The quantitative estimate of drug-likeness (QED) is 0.614. The van der Waals surface area contributed by atoms with Crippen LogP contribution in [-0.2, 0) is 15.6 Å². The molecule has 6 rings (SSSR count). The van der Waals surface area contributed by atoms with Crippen LogP contribution >= 0.6 is 0 Å². The van der Waals surface area contributed by atoms with E-state index in [9.17, 15) is 13.5 Å². The summed E-state index contributed by atoms with van der Waals surface area (Å²) in [6.07, 6.45) is 5.59. The maximum absolute atomic E-state index is 12.1. The minimum Gasteiger partial charge on any atom is -0.385 e. The molecule has 3 aliphatic rings. The van der Waals surface area contributed by atoms with Gasteiger partial charge in [0.2, 0.25) is 10.0 Å². The molecular weight excluding hydrogens is 366 g/mol. The summed E-state index contributed by atoms with van der Waals surface area (Å²) < 4.78 is 26.2. The molecule has 2 unspecified atom stereocenters. The van der Waals surface area contributed by atoms with Gasteiger partial charge in [-0.1, -0.05) is 6.92 Å². The fraction of sp³-hybridized carbons (Fsp3) is 0.556. The molecule has 0 amide bonds. The van der Waals surface area contributed by atoms with Crippen molar-refractivity contribution in [2.75, 3.05) is 0 Å². The van der Waals surface area contributed by atoms with Crippen LogP contribution < -0.4 is 5.14 Å². The number of primary sulfonamides is 1. The Morgan fingerprint density at radius 2 is 2.11 bits per heavy atom. The first-order valence-corrected chi connectivity index (χ1v) is 10.9. The first-order valence-electron chi connectivity index (χ1n) is 9.25. The highest BCUT2D eigenvalue weighted by atomic mass is 32.2. The maximum Gasteiger partial charge on any atom is 0.212 e. The third-order valence-corrected chi connectivity index (χ3v) is 8.19. The van der Waals surface area contributed by atoms with E-state index in [0.29, 0.717) is 12.2 Å². The Kier molecular flexibility index (Phi) is 3.23. The highest BCUT2D eigenvalue weighted by Gasteiger charge is 2.73. The molecule has 0 spiro atoms. The molecule has 3 saturated carbocycles. The molecular formula is C18H23N5O3S. The highest BCUT2D eigenvalue weighted by Crippen LogP contribution is 2.74. The summed E-state index contributed by atoms with van der Waals surface area (Å²) in [6, 6.07) is 1.97. The average Bonchev–Trinajstić information content (AvgIpc) is 3.11. The molecule has 2 atom stereocenters. The highest BCUT2D eigenvalue weighted by molar-refractivity contribution is 7.89. The summed E-state index contributed by atoms with van der Waals surface area (Å²) in [5.41, 5.74) is 2.02.